The Morgan fingerprint density at radius 1 is 0.542 bits per heavy atom. The first-order valence-corrected chi connectivity index (χ1v) is 19.3. The Morgan fingerprint density at radius 3 is 1.50 bits per heavy atom. The number of hydrogen-bond acceptors (Lipinski definition) is 2. The zero-order chi connectivity index (χ0) is 33.3. The molecule has 0 atom stereocenters. The highest BCUT2D eigenvalue weighted by atomic mass is 79.9. The topological polar surface area (TPSA) is 20.3 Å². The van der Waals surface area contributed by atoms with Gasteiger partial charge in [0.25, 0.3) is 0 Å². The molecule has 1 aliphatic carbocycles. The summed E-state index contributed by atoms with van der Waals surface area (Å²) in [7, 11) is 0. The van der Waals surface area contributed by atoms with Crippen LogP contribution < -0.4 is 4.90 Å². The third kappa shape index (κ3) is 5.79. The number of unbranched alkanes of at least 4 members (excludes halogenated alkanes) is 6. The summed E-state index contributed by atoms with van der Waals surface area (Å²) >= 11 is 7.75. The van der Waals surface area contributed by atoms with Crippen molar-refractivity contribution >= 4 is 54.7 Å². The molecule has 5 aromatic rings. The van der Waals surface area contributed by atoms with Crippen molar-refractivity contribution in [3.63, 3.8) is 0 Å². The average molecular weight is 762 g/mol. The van der Waals surface area contributed by atoms with Gasteiger partial charge < -0.3 is 4.90 Å². The van der Waals surface area contributed by atoms with Gasteiger partial charge in [-0.3, -0.25) is 4.79 Å². The summed E-state index contributed by atoms with van der Waals surface area (Å²) in [5, 5.41) is 0. The summed E-state index contributed by atoms with van der Waals surface area (Å²) < 4.78 is 2.04. The van der Waals surface area contributed by atoms with E-state index < -0.39 is 5.41 Å². The first-order valence-electron chi connectivity index (χ1n) is 17.7. The van der Waals surface area contributed by atoms with Gasteiger partial charge in [0.05, 0.1) is 16.8 Å². The zero-order valence-electron chi connectivity index (χ0n) is 28.0. The van der Waals surface area contributed by atoms with Crippen LogP contribution in [0.25, 0.3) is 0 Å². The van der Waals surface area contributed by atoms with Gasteiger partial charge in [-0.1, -0.05) is 139 Å². The summed E-state index contributed by atoms with van der Waals surface area (Å²) in [5.74, 6) is 0.0887. The maximum atomic E-state index is 14.1. The molecule has 0 fully saturated rings. The lowest BCUT2D eigenvalue weighted by atomic mass is 9.57. The SMILES string of the molecule is CCCCCCc1cc(CCCCCC)cc(N2c3ccc(Br)cc3C3(c4ccccc4C(=O)c4ccccc43)c3cc(Br)ccc32)c1. The molecule has 5 aromatic carbocycles. The normalized spacial score (nSPS) is 14.0. The minimum Gasteiger partial charge on any atom is -0.310 e. The molecule has 48 heavy (non-hydrogen) atoms. The Labute approximate surface area is 302 Å². The molecule has 2 nitrogen and oxygen atoms in total. The van der Waals surface area contributed by atoms with Gasteiger partial charge in [0, 0.05) is 25.8 Å². The molecule has 0 saturated carbocycles. The van der Waals surface area contributed by atoms with Gasteiger partial charge in [-0.05, 0) is 108 Å². The second kappa shape index (κ2) is 14.2. The number of halogens is 2. The third-order valence-corrected chi connectivity index (χ3v) is 11.3. The lowest BCUT2D eigenvalue weighted by Crippen LogP contribution is -2.42. The predicted molar refractivity (Wildman–Crippen MR) is 208 cm³/mol. The first kappa shape index (κ1) is 33.0. The van der Waals surface area contributed by atoms with Crippen LogP contribution in [0.1, 0.15) is 115 Å². The fourth-order valence-electron chi connectivity index (χ4n) is 8.12. The van der Waals surface area contributed by atoms with Crippen molar-refractivity contribution < 1.29 is 4.79 Å². The number of nitrogens with zero attached hydrogens (tertiary/aromatic N) is 1. The lowest BCUT2D eigenvalue weighted by Gasteiger charge is -2.49. The van der Waals surface area contributed by atoms with E-state index in [1.165, 1.54) is 79.3 Å². The van der Waals surface area contributed by atoms with Crippen LogP contribution in [-0.4, -0.2) is 5.78 Å². The Morgan fingerprint density at radius 2 is 1.02 bits per heavy atom. The van der Waals surface area contributed by atoms with Crippen LogP contribution in [-0.2, 0) is 18.3 Å². The van der Waals surface area contributed by atoms with E-state index in [9.17, 15) is 4.79 Å². The molecule has 4 heteroatoms. The van der Waals surface area contributed by atoms with E-state index in [-0.39, 0.29) is 5.78 Å². The smallest absolute Gasteiger partial charge is 0.193 e. The van der Waals surface area contributed by atoms with Gasteiger partial charge in [-0.15, -0.1) is 0 Å². The number of ketones is 1. The summed E-state index contributed by atoms with van der Waals surface area (Å²) in [6.45, 7) is 4.56. The minimum absolute atomic E-state index is 0.0887. The number of aryl methyl sites for hydroxylation is 2. The second-order valence-electron chi connectivity index (χ2n) is 13.5. The Hall–Kier alpha value is -3.47. The summed E-state index contributed by atoms with van der Waals surface area (Å²) in [4.78, 5) is 16.6. The molecule has 7 rings (SSSR count). The van der Waals surface area contributed by atoms with Crippen molar-refractivity contribution in [3.05, 3.63) is 157 Å². The molecule has 0 amide bonds. The van der Waals surface area contributed by atoms with Gasteiger partial charge >= 0.3 is 0 Å². The number of hydrogen-bond donors (Lipinski definition) is 0. The maximum Gasteiger partial charge on any atom is 0.193 e. The number of benzene rings is 5. The standard InChI is InChI=1S/C44H43Br2NO/c1-3-5-7-9-15-30-25-31(16-10-8-6-4-2)27-34(26-30)47-41-23-21-32(45)28-39(41)44(40-29-33(46)22-24-42(40)47)37-19-13-11-17-35(37)43(48)36-18-12-14-20-38(36)44/h11-14,17-29H,3-10,15-16H2,1-2H3. The van der Waals surface area contributed by atoms with Gasteiger partial charge in [0.1, 0.15) is 0 Å². The number of carbonyl (C=O) groups excluding carboxylic acids is 1. The van der Waals surface area contributed by atoms with Crippen LogP contribution in [0.2, 0.25) is 0 Å². The zero-order valence-corrected chi connectivity index (χ0v) is 31.2. The van der Waals surface area contributed by atoms with Crippen LogP contribution in [0.15, 0.2) is 112 Å². The van der Waals surface area contributed by atoms with Gasteiger partial charge in [0.2, 0.25) is 0 Å². The minimum atomic E-state index is -0.684. The molecule has 244 valence electrons. The van der Waals surface area contributed by atoms with E-state index in [0.29, 0.717) is 0 Å². The third-order valence-electron chi connectivity index (χ3n) is 10.3. The van der Waals surface area contributed by atoms with Crippen molar-refractivity contribution in [2.75, 3.05) is 4.90 Å². The average Bonchev–Trinajstić information content (AvgIpc) is 3.10. The van der Waals surface area contributed by atoms with Crippen LogP contribution in [0.3, 0.4) is 0 Å². The maximum absolute atomic E-state index is 14.1. The molecule has 0 saturated heterocycles. The predicted octanol–water partition coefficient (Wildman–Crippen LogP) is 13.2. The Kier molecular flexibility index (Phi) is 9.76. The lowest BCUT2D eigenvalue weighted by molar-refractivity contribution is 0.103. The summed E-state index contributed by atoms with van der Waals surface area (Å²) in [6.07, 6.45) is 12.2. The van der Waals surface area contributed by atoms with Gasteiger partial charge in [-0.25, -0.2) is 0 Å². The summed E-state index contributed by atoms with van der Waals surface area (Å²) in [5.41, 5.74) is 11.6. The number of fused-ring (bicyclic) bond motifs is 8. The first-order chi connectivity index (χ1) is 23.5. The Bertz CT molecular complexity index is 1840. The fourth-order valence-corrected chi connectivity index (χ4v) is 8.84. The molecule has 0 aromatic heterocycles. The number of rotatable bonds is 11. The monoisotopic (exact) mass is 759 g/mol. The highest BCUT2D eigenvalue weighted by molar-refractivity contribution is 9.10. The molecule has 0 unspecified atom stereocenters. The van der Waals surface area contributed by atoms with Crippen molar-refractivity contribution in [1.29, 1.82) is 0 Å². The molecule has 2 aliphatic rings. The van der Waals surface area contributed by atoms with E-state index in [1.54, 1.807) is 0 Å². The van der Waals surface area contributed by atoms with Crippen molar-refractivity contribution in [2.45, 2.75) is 83.5 Å². The van der Waals surface area contributed by atoms with E-state index >= 15 is 0 Å². The molecule has 0 bridgehead atoms. The van der Waals surface area contributed by atoms with Gasteiger partial charge in [0.15, 0.2) is 5.78 Å². The van der Waals surface area contributed by atoms with E-state index in [2.05, 4.69) is 129 Å². The van der Waals surface area contributed by atoms with Crippen molar-refractivity contribution in [2.24, 2.45) is 0 Å². The van der Waals surface area contributed by atoms with Crippen LogP contribution in [0.5, 0.6) is 0 Å². The summed E-state index contributed by atoms with van der Waals surface area (Å²) in [6, 6.07) is 37.3. The fraction of sp³-hybridized carbons (Fsp3) is 0.295. The molecular weight excluding hydrogens is 718 g/mol. The molecule has 1 heterocycles. The number of carbonyl (C=O) groups is 1. The largest absolute Gasteiger partial charge is 0.310 e. The van der Waals surface area contributed by atoms with Crippen molar-refractivity contribution in [3.8, 4) is 0 Å². The molecule has 1 aliphatic heterocycles. The van der Waals surface area contributed by atoms with Crippen molar-refractivity contribution in [1.82, 2.24) is 0 Å². The Balaban J connectivity index is 1.49. The molecular formula is C44H43Br2NO. The van der Waals surface area contributed by atoms with Crippen LogP contribution >= 0.6 is 31.9 Å². The highest BCUT2D eigenvalue weighted by Gasteiger charge is 2.51. The van der Waals surface area contributed by atoms with Gasteiger partial charge in [-0.2, -0.15) is 0 Å². The van der Waals surface area contributed by atoms with E-state index in [4.69, 9.17) is 0 Å². The van der Waals surface area contributed by atoms with Crippen LogP contribution in [0, 0.1) is 0 Å². The highest BCUT2D eigenvalue weighted by Crippen LogP contribution is 2.61. The van der Waals surface area contributed by atoms with E-state index in [0.717, 1.165) is 55.4 Å². The molecule has 0 N–H and O–H groups in total. The second-order valence-corrected chi connectivity index (χ2v) is 15.3. The number of anilines is 3. The molecule has 0 radical (unpaired) electrons. The van der Waals surface area contributed by atoms with Crippen LogP contribution in [0.4, 0.5) is 17.1 Å². The molecule has 1 spiro atoms. The quantitative estimate of drug-likeness (QED) is 0.122. The van der Waals surface area contributed by atoms with E-state index in [1.807, 2.05) is 24.3 Å².